The summed E-state index contributed by atoms with van der Waals surface area (Å²) in [5, 5.41) is 22.8. The van der Waals surface area contributed by atoms with E-state index >= 15 is 0 Å². The molecule has 2 N–H and O–H groups in total. The van der Waals surface area contributed by atoms with Gasteiger partial charge in [0.25, 0.3) is 0 Å². The molecule has 12 heteroatoms. The molecule has 0 aliphatic heterocycles. The zero-order valence-corrected chi connectivity index (χ0v) is 21.8. The van der Waals surface area contributed by atoms with Crippen molar-refractivity contribution in [2.45, 2.75) is 37.1 Å². The predicted octanol–water partition coefficient (Wildman–Crippen LogP) is 5.27. The highest BCUT2D eigenvalue weighted by Gasteiger charge is 2.34. The van der Waals surface area contributed by atoms with Crippen LogP contribution < -0.4 is 0 Å². The lowest BCUT2D eigenvalue weighted by molar-refractivity contribution is 0.0116. The molecule has 0 radical (unpaired) electrons. The Balaban J connectivity index is 1.39. The van der Waals surface area contributed by atoms with Crippen LogP contribution in [0.3, 0.4) is 0 Å². The number of rotatable bonds is 13. The topological polar surface area (TPSA) is 76.1 Å². The first kappa shape index (κ1) is 28.2. The minimum absolute atomic E-state index is 0.0142. The molecular weight excluding hydrogens is 540 g/mol. The average Bonchev–Trinajstić information content (AvgIpc) is 3.55. The molecule has 4 aromatic rings. The fourth-order valence-electron chi connectivity index (χ4n) is 4.24. The van der Waals surface area contributed by atoms with Crippen molar-refractivity contribution in [3.05, 3.63) is 108 Å². The normalized spacial score (nSPS) is 14.8. The van der Waals surface area contributed by atoms with E-state index in [1.165, 1.54) is 46.4 Å². The summed E-state index contributed by atoms with van der Waals surface area (Å²) in [6, 6.07) is 6.18. The Labute approximate surface area is 225 Å². The van der Waals surface area contributed by atoms with E-state index in [1.54, 1.807) is 33.9 Å². The van der Waals surface area contributed by atoms with Gasteiger partial charge in [0.05, 0.1) is 25.7 Å². The van der Waals surface area contributed by atoms with Crippen molar-refractivity contribution in [1.29, 1.82) is 0 Å². The Hall–Kier alpha value is -2.80. The summed E-state index contributed by atoms with van der Waals surface area (Å²) in [5.41, 5.74) is -3.27. The maximum absolute atomic E-state index is 14.6. The van der Waals surface area contributed by atoms with Gasteiger partial charge in [-0.25, -0.2) is 27.5 Å². The zero-order chi connectivity index (χ0) is 27.2. The highest BCUT2D eigenvalue weighted by atomic mass is 33.1. The van der Waals surface area contributed by atoms with Crippen LogP contribution in [0.25, 0.3) is 0 Å². The Kier molecular flexibility index (Phi) is 9.19. The van der Waals surface area contributed by atoms with E-state index in [0.717, 1.165) is 24.3 Å². The second-order valence-corrected chi connectivity index (χ2v) is 11.6. The molecule has 0 aliphatic rings. The summed E-state index contributed by atoms with van der Waals surface area (Å²) in [5.74, 6) is -2.34. The third-order valence-corrected chi connectivity index (χ3v) is 8.56. The van der Waals surface area contributed by atoms with Crippen molar-refractivity contribution in [2.75, 3.05) is 11.5 Å². The first-order valence-electron chi connectivity index (χ1n) is 11.7. The third kappa shape index (κ3) is 6.99. The third-order valence-electron chi connectivity index (χ3n) is 6.15. The number of hydrogen-bond donors (Lipinski definition) is 2. The summed E-state index contributed by atoms with van der Waals surface area (Å²) in [6.45, 7) is 0.0462. The van der Waals surface area contributed by atoms with Gasteiger partial charge in [0, 0.05) is 59.6 Å². The van der Waals surface area contributed by atoms with Crippen LogP contribution in [0.4, 0.5) is 17.6 Å². The van der Waals surface area contributed by atoms with Crippen LogP contribution in [-0.2, 0) is 24.3 Å². The second-order valence-electron chi connectivity index (χ2n) is 8.93. The van der Waals surface area contributed by atoms with Crippen molar-refractivity contribution in [3.63, 3.8) is 0 Å². The van der Waals surface area contributed by atoms with Gasteiger partial charge in [0.15, 0.2) is 0 Å². The second kappa shape index (κ2) is 12.4. The molecule has 2 aromatic carbocycles. The SMILES string of the molecule is OC(CCSSCCC(O)(Cn1ccnc1)c1ccc(F)cc1F)(Cn1ccnc1)c1ccc(F)cc1F. The summed E-state index contributed by atoms with van der Waals surface area (Å²) >= 11 is 0. The molecule has 6 nitrogen and oxygen atoms in total. The molecule has 2 atom stereocenters. The molecule has 0 aliphatic carbocycles. The van der Waals surface area contributed by atoms with Gasteiger partial charge in [-0.05, 0) is 25.0 Å². The van der Waals surface area contributed by atoms with Gasteiger partial charge >= 0.3 is 0 Å². The van der Waals surface area contributed by atoms with Gasteiger partial charge in [-0.2, -0.15) is 0 Å². The van der Waals surface area contributed by atoms with E-state index in [9.17, 15) is 27.8 Å². The minimum Gasteiger partial charge on any atom is -0.383 e. The van der Waals surface area contributed by atoms with Crippen LogP contribution in [0.1, 0.15) is 24.0 Å². The smallest absolute Gasteiger partial charge is 0.132 e. The van der Waals surface area contributed by atoms with Crippen LogP contribution in [0.5, 0.6) is 0 Å². The van der Waals surface area contributed by atoms with Crippen LogP contribution >= 0.6 is 21.6 Å². The fraction of sp³-hybridized carbons (Fsp3) is 0.308. The van der Waals surface area contributed by atoms with Gasteiger partial charge in [-0.1, -0.05) is 33.7 Å². The summed E-state index contributed by atoms with van der Waals surface area (Å²) < 4.78 is 59.4. The molecule has 2 heterocycles. The number of imidazole rings is 2. The van der Waals surface area contributed by atoms with E-state index in [-0.39, 0.29) is 37.1 Å². The molecule has 2 unspecified atom stereocenters. The van der Waals surface area contributed by atoms with Gasteiger partial charge < -0.3 is 19.3 Å². The molecule has 0 fully saturated rings. The number of aromatic nitrogens is 4. The predicted molar refractivity (Wildman–Crippen MR) is 139 cm³/mol. The highest BCUT2D eigenvalue weighted by molar-refractivity contribution is 8.76. The molecule has 38 heavy (non-hydrogen) atoms. The maximum Gasteiger partial charge on any atom is 0.132 e. The first-order chi connectivity index (χ1) is 18.2. The van der Waals surface area contributed by atoms with E-state index < -0.39 is 34.5 Å². The molecule has 2 aromatic heterocycles. The molecular formula is C26H26F4N4O2S2. The fourth-order valence-corrected chi connectivity index (χ4v) is 6.52. The monoisotopic (exact) mass is 566 g/mol. The van der Waals surface area contributed by atoms with Gasteiger partial charge in [-0.3, -0.25) is 0 Å². The lowest BCUT2D eigenvalue weighted by Crippen LogP contribution is -2.33. The molecule has 4 rings (SSSR count). The lowest BCUT2D eigenvalue weighted by atomic mass is 9.90. The molecule has 0 amide bonds. The number of hydrogen-bond acceptors (Lipinski definition) is 6. The zero-order valence-electron chi connectivity index (χ0n) is 20.2. The number of aliphatic hydroxyl groups is 2. The van der Waals surface area contributed by atoms with Gasteiger partial charge in [-0.15, -0.1) is 0 Å². The van der Waals surface area contributed by atoms with Crippen LogP contribution in [-0.4, -0.2) is 40.8 Å². The summed E-state index contributed by atoms with van der Waals surface area (Å²) in [7, 11) is 2.80. The van der Waals surface area contributed by atoms with Crippen molar-refractivity contribution in [2.24, 2.45) is 0 Å². The van der Waals surface area contributed by atoms with E-state index in [0.29, 0.717) is 11.5 Å². The lowest BCUT2D eigenvalue weighted by Gasteiger charge is -2.30. The van der Waals surface area contributed by atoms with Crippen molar-refractivity contribution >= 4 is 21.6 Å². The Morgan fingerprint density at radius 1 is 0.684 bits per heavy atom. The van der Waals surface area contributed by atoms with E-state index in [1.807, 2.05) is 0 Å². The number of benzene rings is 2. The number of halogens is 4. The van der Waals surface area contributed by atoms with Gasteiger partial charge in [0.2, 0.25) is 0 Å². The minimum atomic E-state index is -1.62. The van der Waals surface area contributed by atoms with Crippen molar-refractivity contribution < 1.29 is 27.8 Å². The standard InChI is InChI=1S/C26H26F4N4O2S2/c27-19-1-3-21(23(29)13-19)25(35,15-33-9-7-31-17-33)5-11-37-38-12-6-26(36,16-34-10-8-32-18-34)22-4-2-20(28)14-24(22)30/h1-4,7-10,13-14,17-18,35-36H,5-6,11-12,15-16H2. The van der Waals surface area contributed by atoms with Crippen LogP contribution in [0.2, 0.25) is 0 Å². The summed E-state index contributed by atoms with van der Waals surface area (Å²) in [6.07, 6.45) is 9.68. The highest BCUT2D eigenvalue weighted by Crippen LogP contribution is 2.36. The quantitative estimate of drug-likeness (QED) is 0.130. The first-order valence-corrected chi connectivity index (χ1v) is 14.2. The molecule has 202 valence electrons. The number of nitrogens with zero attached hydrogens (tertiary/aromatic N) is 4. The maximum atomic E-state index is 14.6. The van der Waals surface area contributed by atoms with Crippen LogP contribution in [0, 0.1) is 23.3 Å². The summed E-state index contributed by atoms with van der Waals surface area (Å²) in [4.78, 5) is 7.91. The van der Waals surface area contributed by atoms with Crippen molar-refractivity contribution in [3.8, 4) is 0 Å². The Morgan fingerprint density at radius 2 is 1.11 bits per heavy atom. The Morgan fingerprint density at radius 3 is 1.45 bits per heavy atom. The van der Waals surface area contributed by atoms with Crippen LogP contribution in [0.15, 0.2) is 73.8 Å². The largest absolute Gasteiger partial charge is 0.383 e. The molecule has 0 bridgehead atoms. The average molecular weight is 567 g/mol. The molecule has 0 saturated carbocycles. The Bertz CT molecular complexity index is 1230. The molecule has 0 spiro atoms. The van der Waals surface area contributed by atoms with Gasteiger partial charge in [0.1, 0.15) is 34.5 Å². The van der Waals surface area contributed by atoms with E-state index in [2.05, 4.69) is 9.97 Å². The van der Waals surface area contributed by atoms with Crippen molar-refractivity contribution in [1.82, 2.24) is 19.1 Å². The molecule has 0 saturated heterocycles. The van der Waals surface area contributed by atoms with E-state index in [4.69, 9.17) is 0 Å².